The number of para-hydroxylation sites is 1. The van der Waals surface area contributed by atoms with Crippen LogP contribution in [0.15, 0.2) is 46.2 Å². The number of benzene rings is 2. The van der Waals surface area contributed by atoms with Crippen LogP contribution in [0.25, 0.3) is 5.69 Å². The lowest BCUT2D eigenvalue weighted by atomic mass is 9.77. The number of nitrogens with one attached hydrogen (secondary N) is 1. The molecule has 35 heavy (non-hydrogen) atoms. The molecule has 3 aromatic rings. The highest BCUT2D eigenvalue weighted by Gasteiger charge is 2.38. The molecule has 1 aliphatic heterocycles. The van der Waals surface area contributed by atoms with E-state index in [1.165, 1.54) is 10.2 Å². The summed E-state index contributed by atoms with van der Waals surface area (Å²) in [5.41, 5.74) is 5.46. The zero-order chi connectivity index (χ0) is 24.7. The van der Waals surface area contributed by atoms with Crippen LogP contribution in [0.3, 0.4) is 0 Å². The molecule has 2 aromatic carbocycles. The number of aliphatic imine (C=N–C) groups is 1. The second-order valence-corrected chi connectivity index (χ2v) is 9.86. The molecule has 2 atom stereocenters. The summed E-state index contributed by atoms with van der Waals surface area (Å²) in [6.07, 6.45) is 5.36. The first-order valence-electron chi connectivity index (χ1n) is 12.4. The Kier molecular flexibility index (Phi) is 6.38. The molecule has 0 spiro atoms. The second kappa shape index (κ2) is 9.47. The number of nitrogens with zero attached hydrogens (tertiary/aromatic N) is 2. The Hall–Kier alpha value is -3.16. The Bertz CT molecular complexity index is 1320. The molecular weight excluding hydrogens is 442 g/mol. The number of phenolic OH excluding ortho intramolecular Hbond substituents is 1. The van der Waals surface area contributed by atoms with Gasteiger partial charge in [-0.3, -0.25) is 14.9 Å². The number of ether oxygens (including phenoxy) is 2. The van der Waals surface area contributed by atoms with Crippen molar-refractivity contribution in [2.75, 3.05) is 0 Å². The topological polar surface area (TPSA) is 88.8 Å². The van der Waals surface area contributed by atoms with Crippen molar-refractivity contribution in [1.29, 1.82) is 0 Å². The molecule has 184 valence electrons. The Balaban J connectivity index is 1.38. The predicted octanol–water partition coefficient (Wildman–Crippen LogP) is 5.54. The van der Waals surface area contributed by atoms with E-state index in [9.17, 15) is 9.90 Å². The maximum Gasteiger partial charge on any atom is 0.280 e. The SMILES string of the molecule is Cc1ccc(-n2[nH]c(C)c(C=Nc3cccc(C4CCCC(C5OC(C)O5)C4)c3O)c2=O)cc1C. The Morgan fingerprint density at radius 3 is 2.66 bits per heavy atom. The number of hydrogen-bond donors (Lipinski definition) is 2. The minimum atomic E-state index is -0.171. The monoisotopic (exact) mass is 475 g/mol. The first-order chi connectivity index (χ1) is 16.8. The van der Waals surface area contributed by atoms with E-state index in [1.54, 1.807) is 12.3 Å². The predicted molar refractivity (Wildman–Crippen MR) is 136 cm³/mol. The number of phenols is 1. The Morgan fingerprint density at radius 1 is 1.11 bits per heavy atom. The number of aromatic nitrogens is 2. The van der Waals surface area contributed by atoms with Crippen LogP contribution in [-0.4, -0.2) is 33.7 Å². The van der Waals surface area contributed by atoms with Gasteiger partial charge >= 0.3 is 0 Å². The fourth-order valence-corrected chi connectivity index (χ4v) is 5.24. The highest BCUT2D eigenvalue weighted by molar-refractivity contribution is 5.84. The van der Waals surface area contributed by atoms with Gasteiger partial charge in [-0.2, -0.15) is 0 Å². The van der Waals surface area contributed by atoms with Gasteiger partial charge in [0.2, 0.25) is 0 Å². The fraction of sp³-hybridized carbons (Fsp3) is 0.429. The maximum absolute atomic E-state index is 13.1. The van der Waals surface area contributed by atoms with E-state index < -0.39 is 0 Å². The van der Waals surface area contributed by atoms with E-state index >= 15 is 0 Å². The standard InChI is InChI=1S/C28H33N3O4/c1-16-11-12-22(13-17(16)2)31-27(33)24(18(3)30-31)15-29-25-10-6-9-23(26(25)32)20-7-5-8-21(14-20)28-34-19(4)35-28/h6,9-13,15,19-21,28,30,32H,5,7-8,14H2,1-4H3. The highest BCUT2D eigenvalue weighted by atomic mass is 16.9. The largest absolute Gasteiger partial charge is 0.505 e. The lowest BCUT2D eigenvalue weighted by Gasteiger charge is -2.42. The Labute approximate surface area is 205 Å². The maximum atomic E-state index is 13.1. The van der Waals surface area contributed by atoms with Gasteiger partial charge < -0.3 is 14.6 Å². The van der Waals surface area contributed by atoms with Crippen molar-refractivity contribution in [2.45, 2.75) is 71.9 Å². The van der Waals surface area contributed by atoms with Gasteiger partial charge in [0, 0.05) is 17.8 Å². The van der Waals surface area contributed by atoms with Crippen molar-refractivity contribution < 1.29 is 14.6 Å². The van der Waals surface area contributed by atoms with Gasteiger partial charge in [-0.15, -0.1) is 0 Å². The molecule has 7 heteroatoms. The molecule has 1 aromatic heterocycles. The molecule has 2 fully saturated rings. The number of hydrogen-bond acceptors (Lipinski definition) is 5. The third-order valence-electron chi connectivity index (χ3n) is 7.44. The molecular formula is C28H33N3O4. The molecule has 0 bridgehead atoms. The van der Waals surface area contributed by atoms with E-state index in [0.29, 0.717) is 17.2 Å². The third-order valence-corrected chi connectivity index (χ3v) is 7.44. The number of H-pyrrole nitrogens is 1. The number of aryl methyl sites for hydroxylation is 3. The molecule has 5 rings (SSSR count). The van der Waals surface area contributed by atoms with Gasteiger partial charge in [-0.1, -0.05) is 24.6 Å². The summed E-state index contributed by atoms with van der Waals surface area (Å²) in [7, 11) is 0. The summed E-state index contributed by atoms with van der Waals surface area (Å²) in [4.78, 5) is 17.6. The zero-order valence-electron chi connectivity index (χ0n) is 20.7. The molecule has 2 aliphatic rings. The van der Waals surface area contributed by atoms with Crippen molar-refractivity contribution >= 4 is 11.9 Å². The first kappa shape index (κ1) is 23.6. The second-order valence-electron chi connectivity index (χ2n) is 9.86. The number of aromatic hydroxyl groups is 1. The van der Waals surface area contributed by atoms with Crippen LogP contribution in [-0.2, 0) is 9.47 Å². The van der Waals surface area contributed by atoms with Gasteiger partial charge in [0.05, 0.1) is 11.3 Å². The van der Waals surface area contributed by atoms with E-state index in [2.05, 4.69) is 10.1 Å². The molecule has 1 aliphatic carbocycles. The lowest BCUT2D eigenvalue weighted by Crippen LogP contribution is -2.45. The summed E-state index contributed by atoms with van der Waals surface area (Å²) in [6.45, 7) is 7.83. The van der Waals surface area contributed by atoms with Crippen LogP contribution >= 0.6 is 0 Å². The normalized spacial score (nSPS) is 24.6. The van der Waals surface area contributed by atoms with Crippen LogP contribution in [0, 0.1) is 26.7 Å². The quantitative estimate of drug-likeness (QED) is 0.474. The molecule has 0 radical (unpaired) electrons. The summed E-state index contributed by atoms with van der Waals surface area (Å²) in [5, 5.41) is 14.2. The minimum Gasteiger partial charge on any atom is -0.505 e. The summed E-state index contributed by atoms with van der Waals surface area (Å²) >= 11 is 0. The summed E-state index contributed by atoms with van der Waals surface area (Å²) < 4.78 is 13.0. The van der Waals surface area contributed by atoms with E-state index in [-0.39, 0.29) is 29.8 Å². The van der Waals surface area contributed by atoms with E-state index in [0.717, 1.165) is 48.2 Å². The first-order valence-corrected chi connectivity index (χ1v) is 12.4. The lowest BCUT2D eigenvalue weighted by molar-refractivity contribution is -0.394. The highest BCUT2D eigenvalue weighted by Crippen LogP contribution is 2.45. The average molecular weight is 476 g/mol. The molecule has 2 unspecified atom stereocenters. The van der Waals surface area contributed by atoms with Crippen molar-refractivity contribution in [3.63, 3.8) is 0 Å². The zero-order valence-corrected chi connectivity index (χ0v) is 20.7. The van der Waals surface area contributed by atoms with Crippen molar-refractivity contribution in [1.82, 2.24) is 9.78 Å². The fourth-order valence-electron chi connectivity index (χ4n) is 5.24. The Morgan fingerprint density at radius 2 is 1.91 bits per heavy atom. The average Bonchev–Trinajstić information content (AvgIpc) is 3.11. The number of aromatic amines is 1. The number of rotatable bonds is 5. The van der Waals surface area contributed by atoms with Crippen LogP contribution in [0.1, 0.15) is 66.5 Å². The summed E-state index contributed by atoms with van der Waals surface area (Å²) in [6, 6.07) is 11.6. The van der Waals surface area contributed by atoms with Gasteiger partial charge in [0.1, 0.15) is 11.4 Å². The molecule has 0 amide bonds. The van der Waals surface area contributed by atoms with Crippen LogP contribution < -0.4 is 5.56 Å². The minimum absolute atomic E-state index is 0.122. The molecule has 2 heterocycles. The van der Waals surface area contributed by atoms with Crippen molar-refractivity contribution in [3.8, 4) is 11.4 Å². The van der Waals surface area contributed by atoms with Gasteiger partial charge in [-0.05, 0) is 87.8 Å². The van der Waals surface area contributed by atoms with Crippen LogP contribution in [0.4, 0.5) is 5.69 Å². The molecule has 1 saturated carbocycles. The molecule has 7 nitrogen and oxygen atoms in total. The van der Waals surface area contributed by atoms with Gasteiger partial charge in [0.25, 0.3) is 5.56 Å². The van der Waals surface area contributed by atoms with Crippen molar-refractivity contribution in [3.05, 3.63) is 74.7 Å². The van der Waals surface area contributed by atoms with Crippen molar-refractivity contribution in [2.24, 2.45) is 10.9 Å². The summed E-state index contributed by atoms with van der Waals surface area (Å²) in [5.74, 6) is 0.742. The van der Waals surface area contributed by atoms with E-state index in [4.69, 9.17) is 9.47 Å². The smallest absolute Gasteiger partial charge is 0.280 e. The van der Waals surface area contributed by atoms with Gasteiger partial charge in [-0.25, -0.2) is 4.68 Å². The van der Waals surface area contributed by atoms with Crippen LogP contribution in [0.5, 0.6) is 5.75 Å². The third kappa shape index (κ3) is 4.58. The molecule has 2 N–H and O–H groups in total. The molecule has 1 saturated heterocycles. The van der Waals surface area contributed by atoms with E-state index in [1.807, 2.05) is 58.0 Å². The van der Waals surface area contributed by atoms with Gasteiger partial charge in [0.15, 0.2) is 12.6 Å². The van der Waals surface area contributed by atoms with Crippen LogP contribution in [0.2, 0.25) is 0 Å².